The van der Waals surface area contributed by atoms with Gasteiger partial charge in [-0.3, -0.25) is 4.68 Å². The Hall–Kier alpha value is -0.390. The molecule has 0 saturated heterocycles. The minimum absolute atomic E-state index is 0.615. The minimum atomic E-state index is -0.703. The maximum Gasteiger partial charge on any atom is 0.0738 e. The van der Waals surface area contributed by atoms with E-state index < -0.39 is 5.60 Å². The fraction of sp³-hybridized carbons (Fsp3) is 0.750. The van der Waals surface area contributed by atoms with Gasteiger partial charge in [0.15, 0.2) is 0 Å². The molecule has 5 heteroatoms. The zero-order valence-corrected chi connectivity index (χ0v) is 12.6. The summed E-state index contributed by atoms with van der Waals surface area (Å²) in [6, 6.07) is 0. The standard InChI is InChI=1S/C12H22BrN3O/c1-5-16-10(11(13)9(2)15-16)8-12(3,17)6-7-14-4/h14,17H,5-8H2,1-4H3. The van der Waals surface area contributed by atoms with Crippen molar-refractivity contribution in [2.75, 3.05) is 13.6 Å². The number of aliphatic hydroxyl groups is 1. The van der Waals surface area contributed by atoms with Crippen molar-refractivity contribution in [3.8, 4) is 0 Å². The van der Waals surface area contributed by atoms with Gasteiger partial charge < -0.3 is 10.4 Å². The van der Waals surface area contributed by atoms with Crippen LogP contribution in [-0.4, -0.2) is 34.1 Å². The van der Waals surface area contributed by atoms with Gasteiger partial charge in [-0.05, 0) is 56.7 Å². The van der Waals surface area contributed by atoms with Gasteiger partial charge in [-0.1, -0.05) is 0 Å². The summed E-state index contributed by atoms with van der Waals surface area (Å²) in [7, 11) is 1.90. The van der Waals surface area contributed by atoms with Gasteiger partial charge in [-0.25, -0.2) is 0 Å². The number of aryl methyl sites for hydroxylation is 2. The van der Waals surface area contributed by atoms with Crippen LogP contribution in [0.15, 0.2) is 4.47 Å². The smallest absolute Gasteiger partial charge is 0.0738 e. The van der Waals surface area contributed by atoms with E-state index in [1.807, 2.05) is 25.6 Å². The molecule has 0 aliphatic heterocycles. The zero-order chi connectivity index (χ0) is 13.1. The average Bonchev–Trinajstić information content (AvgIpc) is 2.54. The number of hydrogen-bond acceptors (Lipinski definition) is 3. The molecule has 4 nitrogen and oxygen atoms in total. The van der Waals surface area contributed by atoms with Crippen molar-refractivity contribution < 1.29 is 5.11 Å². The third kappa shape index (κ3) is 3.79. The van der Waals surface area contributed by atoms with Crippen molar-refractivity contribution in [2.24, 2.45) is 0 Å². The predicted octanol–water partition coefficient (Wildman–Crippen LogP) is 1.88. The molecule has 0 radical (unpaired) electrons. The second-order valence-electron chi connectivity index (χ2n) is 4.69. The largest absolute Gasteiger partial charge is 0.390 e. The molecule has 1 unspecified atom stereocenters. The van der Waals surface area contributed by atoms with Crippen molar-refractivity contribution in [1.29, 1.82) is 0 Å². The van der Waals surface area contributed by atoms with Gasteiger partial charge in [-0.2, -0.15) is 5.10 Å². The Balaban J connectivity index is 2.86. The number of nitrogens with one attached hydrogen (secondary N) is 1. The van der Waals surface area contributed by atoms with E-state index in [2.05, 4.69) is 33.3 Å². The molecule has 2 N–H and O–H groups in total. The van der Waals surface area contributed by atoms with Crippen molar-refractivity contribution in [3.05, 3.63) is 15.9 Å². The molecule has 1 aromatic heterocycles. The summed E-state index contributed by atoms with van der Waals surface area (Å²) in [4.78, 5) is 0. The molecular formula is C12H22BrN3O. The Kier molecular flexibility index (Phi) is 5.16. The van der Waals surface area contributed by atoms with Crippen LogP contribution in [0.25, 0.3) is 0 Å². The first-order valence-corrected chi connectivity index (χ1v) is 6.79. The van der Waals surface area contributed by atoms with Crippen LogP contribution in [0.4, 0.5) is 0 Å². The van der Waals surface area contributed by atoms with Crippen LogP contribution in [0.5, 0.6) is 0 Å². The third-order valence-corrected chi connectivity index (χ3v) is 3.95. The summed E-state index contributed by atoms with van der Waals surface area (Å²) >= 11 is 3.55. The molecule has 98 valence electrons. The number of aromatic nitrogens is 2. The fourth-order valence-electron chi connectivity index (χ4n) is 1.88. The van der Waals surface area contributed by atoms with Gasteiger partial charge in [0.05, 0.1) is 21.5 Å². The second-order valence-corrected chi connectivity index (χ2v) is 5.48. The molecule has 0 aliphatic carbocycles. The molecule has 1 heterocycles. The maximum absolute atomic E-state index is 10.4. The minimum Gasteiger partial charge on any atom is -0.390 e. The average molecular weight is 304 g/mol. The monoisotopic (exact) mass is 303 g/mol. The second kappa shape index (κ2) is 5.98. The van der Waals surface area contributed by atoms with Gasteiger partial charge in [-0.15, -0.1) is 0 Å². The van der Waals surface area contributed by atoms with Crippen molar-refractivity contribution in [2.45, 2.75) is 45.8 Å². The van der Waals surface area contributed by atoms with Crippen molar-refractivity contribution in [1.82, 2.24) is 15.1 Å². The van der Waals surface area contributed by atoms with E-state index in [0.29, 0.717) is 6.42 Å². The van der Waals surface area contributed by atoms with Gasteiger partial charge in [0.2, 0.25) is 0 Å². The Bertz CT molecular complexity index is 374. The van der Waals surface area contributed by atoms with Crippen LogP contribution < -0.4 is 5.32 Å². The summed E-state index contributed by atoms with van der Waals surface area (Å²) in [5, 5.41) is 17.9. The molecule has 0 spiro atoms. The highest BCUT2D eigenvalue weighted by atomic mass is 79.9. The summed E-state index contributed by atoms with van der Waals surface area (Å²) in [5.74, 6) is 0. The van der Waals surface area contributed by atoms with Gasteiger partial charge >= 0.3 is 0 Å². The lowest BCUT2D eigenvalue weighted by atomic mass is 9.96. The molecular weight excluding hydrogens is 282 g/mol. The van der Waals surface area contributed by atoms with E-state index in [-0.39, 0.29) is 0 Å². The Morgan fingerprint density at radius 1 is 1.53 bits per heavy atom. The van der Waals surface area contributed by atoms with Crippen LogP contribution in [-0.2, 0) is 13.0 Å². The first kappa shape index (κ1) is 14.7. The van der Waals surface area contributed by atoms with Crippen LogP contribution in [0.1, 0.15) is 31.7 Å². The molecule has 1 rings (SSSR count). The van der Waals surface area contributed by atoms with Crippen molar-refractivity contribution in [3.63, 3.8) is 0 Å². The molecule has 0 fully saturated rings. The zero-order valence-electron chi connectivity index (χ0n) is 11.0. The van der Waals surface area contributed by atoms with Crippen LogP contribution in [0, 0.1) is 6.92 Å². The highest BCUT2D eigenvalue weighted by Gasteiger charge is 2.24. The van der Waals surface area contributed by atoms with E-state index in [1.165, 1.54) is 0 Å². The van der Waals surface area contributed by atoms with E-state index in [9.17, 15) is 5.11 Å². The number of nitrogens with zero attached hydrogens (tertiary/aromatic N) is 2. The van der Waals surface area contributed by atoms with E-state index in [1.54, 1.807) is 0 Å². The van der Waals surface area contributed by atoms with Crippen LogP contribution >= 0.6 is 15.9 Å². The molecule has 0 saturated carbocycles. The number of rotatable bonds is 6. The van der Waals surface area contributed by atoms with Crippen LogP contribution in [0.3, 0.4) is 0 Å². The van der Waals surface area contributed by atoms with Crippen LogP contribution in [0.2, 0.25) is 0 Å². The van der Waals surface area contributed by atoms with Gasteiger partial charge in [0, 0.05) is 13.0 Å². The summed E-state index contributed by atoms with van der Waals surface area (Å²) in [6.07, 6.45) is 1.34. The van der Waals surface area contributed by atoms with E-state index in [0.717, 1.165) is 35.4 Å². The lowest BCUT2D eigenvalue weighted by Crippen LogP contribution is -2.32. The molecule has 0 aliphatic rings. The number of halogens is 1. The lowest BCUT2D eigenvalue weighted by molar-refractivity contribution is 0.0498. The highest BCUT2D eigenvalue weighted by molar-refractivity contribution is 9.10. The number of hydrogen-bond donors (Lipinski definition) is 2. The Labute approximate surface area is 112 Å². The molecule has 17 heavy (non-hydrogen) atoms. The molecule has 0 bridgehead atoms. The SMILES string of the molecule is CCn1nc(C)c(Br)c1CC(C)(O)CCNC. The Morgan fingerprint density at radius 2 is 2.18 bits per heavy atom. The lowest BCUT2D eigenvalue weighted by Gasteiger charge is -2.23. The van der Waals surface area contributed by atoms with Crippen molar-refractivity contribution >= 4 is 15.9 Å². The third-order valence-electron chi connectivity index (χ3n) is 2.91. The summed E-state index contributed by atoms with van der Waals surface area (Å²) < 4.78 is 2.97. The molecule has 0 aromatic carbocycles. The first-order valence-electron chi connectivity index (χ1n) is 6.00. The molecule has 0 amide bonds. The fourth-order valence-corrected chi connectivity index (χ4v) is 2.31. The quantitative estimate of drug-likeness (QED) is 0.843. The van der Waals surface area contributed by atoms with E-state index in [4.69, 9.17) is 0 Å². The summed E-state index contributed by atoms with van der Waals surface area (Å²) in [6.45, 7) is 7.54. The normalized spacial score (nSPS) is 14.9. The van der Waals surface area contributed by atoms with Gasteiger partial charge in [0.1, 0.15) is 0 Å². The predicted molar refractivity (Wildman–Crippen MR) is 73.2 cm³/mol. The van der Waals surface area contributed by atoms with Gasteiger partial charge in [0.25, 0.3) is 0 Å². The molecule has 1 atom stereocenters. The molecule has 1 aromatic rings. The summed E-state index contributed by atoms with van der Waals surface area (Å²) in [5.41, 5.74) is 1.35. The topological polar surface area (TPSA) is 50.1 Å². The first-order chi connectivity index (χ1) is 7.91. The highest BCUT2D eigenvalue weighted by Crippen LogP contribution is 2.26. The van der Waals surface area contributed by atoms with E-state index >= 15 is 0 Å². The maximum atomic E-state index is 10.4. The Morgan fingerprint density at radius 3 is 2.71 bits per heavy atom.